The lowest BCUT2D eigenvalue weighted by Crippen LogP contribution is -1.84. The van der Waals surface area contributed by atoms with E-state index in [2.05, 4.69) is 29.8 Å². The molecule has 0 aliphatic rings. The first-order chi connectivity index (χ1) is 9.31. The van der Waals surface area contributed by atoms with Gasteiger partial charge in [0.1, 0.15) is 0 Å². The summed E-state index contributed by atoms with van der Waals surface area (Å²) in [6.45, 7) is 3.72. The standard InChI is InChI=1S/C17H14N2/c1-2-3-14-4-6-16(7-5-14)13-19-17-10-8-15(12-18)9-11-17/h2,4-11,13H,1,3H2. The number of benzene rings is 2. The molecule has 92 valence electrons. The summed E-state index contributed by atoms with van der Waals surface area (Å²) >= 11 is 0. The SMILES string of the molecule is C=CCc1ccc(C=Nc2ccc(C#N)cc2)cc1. The molecule has 2 nitrogen and oxygen atoms in total. The lowest BCUT2D eigenvalue weighted by atomic mass is 10.1. The van der Waals surface area contributed by atoms with Crippen molar-refractivity contribution in [3.8, 4) is 6.07 Å². The summed E-state index contributed by atoms with van der Waals surface area (Å²) in [6, 6.07) is 17.5. The first kappa shape index (κ1) is 12.8. The monoisotopic (exact) mass is 246 g/mol. The Balaban J connectivity index is 2.09. The van der Waals surface area contributed by atoms with Crippen LogP contribution < -0.4 is 0 Å². The van der Waals surface area contributed by atoms with Gasteiger partial charge in [-0.25, -0.2) is 0 Å². The number of hydrogen-bond acceptors (Lipinski definition) is 2. The molecule has 2 heteroatoms. The van der Waals surface area contributed by atoms with Crippen LogP contribution in [0.25, 0.3) is 0 Å². The second-order valence-corrected chi connectivity index (χ2v) is 4.15. The molecule has 2 rings (SSSR count). The van der Waals surface area contributed by atoms with E-state index in [1.807, 2.05) is 36.6 Å². The van der Waals surface area contributed by atoms with Gasteiger partial charge < -0.3 is 0 Å². The van der Waals surface area contributed by atoms with Gasteiger partial charge in [0.2, 0.25) is 0 Å². The minimum Gasteiger partial charge on any atom is -0.256 e. The van der Waals surface area contributed by atoms with Crippen molar-refractivity contribution >= 4 is 11.9 Å². The Labute approximate surface area is 113 Å². The maximum atomic E-state index is 8.71. The van der Waals surface area contributed by atoms with Crippen LogP contribution in [0.15, 0.2) is 66.2 Å². The van der Waals surface area contributed by atoms with Crippen molar-refractivity contribution in [2.75, 3.05) is 0 Å². The van der Waals surface area contributed by atoms with E-state index in [-0.39, 0.29) is 0 Å². The normalized spacial score (nSPS) is 10.3. The summed E-state index contributed by atoms with van der Waals surface area (Å²) in [7, 11) is 0. The van der Waals surface area contributed by atoms with Gasteiger partial charge in [0.25, 0.3) is 0 Å². The number of rotatable bonds is 4. The van der Waals surface area contributed by atoms with Crippen LogP contribution in [0.3, 0.4) is 0 Å². The molecular weight excluding hydrogens is 232 g/mol. The van der Waals surface area contributed by atoms with E-state index in [0.717, 1.165) is 17.7 Å². The Morgan fingerprint density at radius 2 is 1.74 bits per heavy atom. The first-order valence-electron chi connectivity index (χ1n) is 6.06. The van der Waals surface area contributed by atoms with Gasteiger partial charge in [-0.15, -0.1) is 6.58 Å². The second-order valence-electron chi connectivity index (χ2n) is 4.15. The number of nitriles is 1. The molecule has 0 unspecified atom stereocenters. The summed E-state index contributed by atoms with van der Waals surface area (Å²) in [4.78, 5) is 4.37. The highest BCUT2D eigenvalue weighted by Crippen LogP contribution is 2.13. The molecule has 0 atom stereocenters. The molecule has 0 radical (unpaired) electrons. The third-order valence-corrected chi connectivity index (χ3v) is 2.72. The Morgan fingerprint density at radius 3 is 2.32 bits per heavy atom. The third kappa shape index (κ3) is 3.65. The quantitative estimate of drug-likeness (QED) is 0.592. The van der Waals surface area contributed by atoms with Gasteiger partial charge >= 0.3 is 0 Å². The molecule has 0 aliphatic heterocycles. The van der Waals surface area contributed by atoms with E-state index in [0.29, 0.717) is 5.56 Å². The highest BCUT2D eigenvalue weighted by molar-refractivity contribution is 5.81. The number of aliphatic imine (C=N–C) groups is 1. The fourth-order valence-corrected chi connectivity index (χ4v) is 1.68. The maximum absolute atomic E-state index is 8.71. The van der Waals surface area contributed by atoms with Crippen molar-refractivity contribution in [2.45, 2.75) is 6.42 Å². The van der Waals surface area contributed by atoms with Crippen molar-refractivity contribution < 1.29 is 0 Å². The van der Waals surface area contributed by atoms with Crippen LogP contribution in [0.2, 0.25) is 0 Å². The van der Waals surface area contributed by atoms with Crippen molar-refractivity contribution in [1.29, 1.82) is 5.26 Å². The number of nitrogens with zero attached hydrogens (tertiary/aromatic N) is 2. The maximum Gasteiger partial charge on any atom is 0.0991 e. The predicted octanol–water partition coefficient (Wildman–Crippen LogP) is 4.04. The fraction of sp³-hybridized carbons (Fsp3) is 0.0588. The van der Waals surface area contributed by atoms with Crippen LogP contribution in [0, 0.1) is 11.3 Å². The summed E-state index contributed by atoms with van der Waals surface area (Å²) in [5.74, 6) is 0. The van der Waals surface area contributed by atoms with Crippen molar-refractivity contribution in [2.24, 2.45) is 4.99 Å². The Bertz CT molecular complexity index is 614. The summed E-state index contributed by atoms with van der Waals surface area (Å²) < 4.78 is 0. The molecule has 0 amide bonds. The predicted molar refractivity (Wildman–Crippen MR) is 78.8 cm³/mol. The Kier molecular flexibility index (Phi) is 4.25. The zero-order valence-corrected chi connectivity index (χ0v) is 10.6. The second kappa shape index (κ2) is 6.32. The van der Waals surface area contributed by atoms with Crippen LogP contribution in [-0.2, 0) is 6.42 Å². The van der Waals surface area contributed by atoms with E-state index in [1.165, 1.54) is 5.56 Å². The molecule has 0 fully saturated rings. The van der Waals surface area contributed by atoms with E-state index < -0.39 is 0 Å². The Hall–Kier alpha value is -2.66. The summed E-state index contributed by atoms with van der Waals surface area (Å²) in [6.07, 6.45) is 4.59. The molecule has 0 saturated heterocycles. The highest BCUT2D eigenvalue weighted by Gasteiger charge is 1.92. The van der Waals surface area contributed by atoms with E-state index in [1.54, 1.807) is 12.1 Å². The molecular formula is C17H14N2. The van der Waals surface area contributed by atoms with Crippen molar-refractivity contribution in [1.82, 2.24) is 0 Å². The summed E-state index contributed by atoms with van der Waals surface area (Å²) in [5.41, 5.74) is 3.78. The lowest BCUT2D eigenvalue weighted by Gasteiger charge is -1.98. The summed E-state index contributed by atoms with van der Waals surface area (Å²) in [5, 5.41) is 8.71. The van der Waals surface area contributed by atoms with Crippen LogP contribution in [0.5, 0.6) is 0 Å². The number of hydrogen-bond donors (Lipinski definition) is 0. The zero-order chi connectivity index (χ0) is 13.5. The van der Waals surface area contributed by atoms with Crippen LogP contribution in [-0.4, -0.2) is 6.21 Å². The fourth-order valence-electron chi connectivity index (χ4n) is 1.68. The minimum absolute atomic E-state index is 0.646. The first-order valence-corrected chi connectivity index (χ1v) is 6.06. The Morgan fingerprint density at radius 1 is 1.05 bits per heavy atom. The molecule has 19 heavy (non-hydrogen) atoms. The van der Waals surface area contributed by atoms with E-state index >= 15 is 0 Å². The van der Waals surface area contributed by atoms with Gasteiger partial charge in [-0.05, 0) is 41.8 Å². The van der Waals surface area contributed by atoms with Gasteiger partial charge in [0, 0.05) is 6.21 Å². The van der Waals surface area contributed by atoms with Crippen molar-refractivity contribution in [3.05, 3.63) is 77.9 Å². The molecule has 0 N–H and O–H groups in total. The van der Waals surface area contributed by atoms with Gasteiger partial charge in [-0.1, -0.05) is 30.3 Å². The van der Waals surface area contributed by atoms with Gasteiger partial charge in [0.15, 0.2) is 0 Å². The average Bonchev–Trinajstić information content (AvgIpc) is 2.47. The van der Waals surface area contributed by atoms with Crippen LogP contribution in [0.1, 0.15) is 16.7 Å². The molecule has 0 bridgehead atoms. The van der Waals surface area contributed by atoms with E-state index in [4.69, 9.17) is 5.26 Å². The number of allylic oxidation sites excluding steroid dienone is 1. The molecule has 2 aromatic rings. The molecule has 0 aliphatic carbocycles. The van der Waals surface area contributed by atoms with Crippen molar-refractivity contribution in [3.63, 3.8) is 0 Å². The lowest BCUT2D eigenvalue weighted by molar-refractivity contribution is 1.28. The van der Waals surface area contributed by atoms with E-state index in [9.17, 15) is 0 Å². The topological polar surface area (TPSA) is 36.1 Å². The van der Waals surface area contributed by atoms with Gasteiger partial charge in [-0.2, -0.15) is 5.26 Å². The van der Waals surface area contributed by atoms with Gasteiger partial charge in [-0.3, -0.25) is 4.99 Å². The molecule has 0 spiro atoms. The molecule has 0 aromatic heterocycles. The molecule has 0 saturated carbocycles. The van der Waals surface area contributed by atoms with Crippen LogP contribution in [0.4, 0.5) is 5.69 Å². The zero-order valence-electron chi connectivity index (χ0n) is 10.6. The molecule has 2 aromatic carbocycles. The van der Waals surface area contributed by atoms with Gasteiger partial charge in [0.05, 0.1) is 17.3 Å². The average molecular weight is 246 g/mol. The third-order valence-electron chi connectivity index (χ3n) is 2.72. The molecule has 0 heterocycles. The highest BCUT2D eigenvalue weighted by atomic mass is 14.7. The largest absolute Gasteiger partial charge is 0.256 e. The van der Waals surface area contributed by atoms with Crippen LogP contribution >= 0.6 is 0 Å². The smallest absolute Gasteiger partial charge is 0.0991 e. The minimum atomic E-state index is 0.646.